The number of aromatic nitrogens is 4. The molecule has 0 fully saturated rings. The Hall–Kier alpha value is -2.53. The van der Waals surface area contributed by atoms with E-state index in [9.17, 15) is 0 Å². The van der Waals surface area contributed by atoms with E-state index in [1.54, 1.807) is 12.5 Å². The van der Waals surface area contributed by atoms with Gasteiger partial charge in [0.25, 0.3) is 0 Å². The summed E-state index contributed by atoms with van der Waals surface area (Å²) in [6.07, 6.45) is 3.43. The molecule has 0 bridgehead atoms. The number of aliphatic imine (C=N–C) groups is 1. The SMILES string of the molecule is Clc1ccccc1C1=NCc2nncn2-c2cccnc21. The van der Waals surface area contributed by atoms with E-state index >= 15 is 0 Å². The molecule has 0 unspecified atom stereocenters. The van der Waals surface area contributed by atoms with E-state index < -0.39 is 0 Å². The maximum absolute atomic E-state index is 6.32. The second-order valence-electron chi connectivity index (χ2n) is 4.63. The number of halogens is 1. The Morgan fingerprint density at radius 2 is 2.00 bits per heavy atom. The summed E-state index contributed by atoms with van der Waals surface area (Å²) in [6.45, 7) is 0.441. The van der Waals surface area contributed by atoms with Crippen LogP contribution in [0.3, 0.4) is 0 Å². The molecule has 102 valence electrons. The van der Waals surface area contributed by atoms with Crippen LogP contribution in [0.2, 0.25) is 5.02 Å². The molecule has 5 nitrogen and oxygen atoms in total. The van der Waals surface area contributed by atoms with Crippen molar-refractivity contribution in [1.82, 2.24) is 19.7 Å². The quantitative estimate of drug-likeness (QED) is 0.693. The van der Waals surface area contributed by atoms with Crippen LogP contribution < -0.4 is 0 Å². The van der Waals surface area contributed by atoms with Crippen molar-refractivity contribution in [1.29, 1.82) is 0 Å². The van der Waals surface area contributed by atoms with E-state index in [1.165, 1.54) is 0 Å². The van der Waals surface area contributed by atoms with Crippen LogP contribution in [0.5, 0.6) is 0 Å². The highest BCUT2D eigenvalue weighted by atomic mass is 35.5. The van der Waals surface area contributed by atoms with E-state index in [1.807, 2.05) is 41.0 Å². The van der Waals surface area contributed by atoms with E-state index in [2.05, 4.69) is 20.2 Å². The minimum absolute atomic E-state index is 0.441. The van der Waals surface area contributed by atoms with Crippen molar-refractivity contribution in [3.8, 4) is 5.69 Å². The lowest BCUT2D eigenvalue weighted by Crippen LogP contribution is -2.09. The summed E-state index contributed by atoms with van der Waals surface area (Å²) < 4.78 is 1.91. The lowest BCUT2D eigenvalue weighted by Gasteiger charge is -2.10. The molecule has 0 N–H and O–H groups in total. The molecule has 1 aliphatic rings. The van der Waals surface area contributed by atoms with Gasteiger partial charge in [0, 0.05) is 11.8 Å². The predicted molar refractivity (Wildman–Crippen MR) is 79.9 cm³/mol. The van der Waals surface area contributed by atoms with Crippen LogP contribution in [0.1, 0.15) is 17.1 Å². The van der Waals surface area contributed by atoms with Gasteiger partial charge in [-0.25, -0.2) is 0 Å². The Balaban J connectivity index is 1.99. The molecular weight excluding hydrogens is 286 g/mol. The monoisotopic (exact) mass is 295 g/mol. The van der Waals surface area contributed by atoms with E-state index in [4.69, 9.17) is 11.6 Å². The zero-order chi connectivity index (χ0) is 14.2. The highest BCUT2D eigenvalue weighted by Gasteiger charge is 2.21. The first-order chi connectivity index (χ1) is 10.3. The van der Waals surface area contributed by atoms with Crippen LogP contribution in [0.4, 0.5) is 0 Å². The average molecular weight is 296 g/mol. The maximum Gasteiger partial charge on any atom is 0.159 e. The van der Waals surface area contributed by atoms with Crippen molar-refractivity contribution in [2.24, 2.45) is 4.99 Å². The Labute approximate surface area is 126 Å². The van der Waals surface area contributed by atoms with Gasteiger partial charge in [-0.15, -0.1) is 10.2 Å². The van der Waals surface area contributed by atoms with Gasteiger partial charge in [-0.2, -0.15) is 0 Å². The molecular formula is C15H10ClN5. The van der Waals surface area contributed by atoms with Gasteiger partial charge in [0.05, 0.1) is 16.4 Å². The maximum atomic E-state index is 6.32. The molecule has 0 spiro atoms. The fraction of sp³-hybridized carbons (Fsp3) is 0.0667. The molecule has 0 atom stereocenters. The average Bonchev–Trinajstić information content (AvgIpc) is 2.92. The molecule has 6 heteroatoms. The van der Waals surface area contributed by atoms with Gasteiger partial charge in [-0.1, -0.05) is 29.8 Å². The zero-order valence-corrected chi connectivity index (χ0v) is 11.7. The summed E-state index contributed by atoms with van der Waals surface area (Å²) in [6, 6.07) is 11.5. The third-order valence-electron chi connectivity index (χ3n) is 3.40. The zero-order valence-electron chi connectivity index (χ0n) is 10.9. The molecule has 3 aromatic rings. The van der Waals surface area contributed by atoms with Crippen LogP contribution in [-0.4, -0.2) is 25.5 Å². The second kappa shape index (κ2) is 4.79. The van der Waals surface area contributed by atoms with Gasteiger partial charge >= 0.3 is 0 Å². The molecule has 1 aromatic carbocycles. The number of rotatable bonds is 1. The number of fused-ring (bicyclic) bond motifs is 3. The highest BCUT2D eigenvalue weighted by Crippen LogP contribution is 2.25. The van der Waals surface area contributed by atoms with Crippen LogP contribution in [0.15, 0.2) is 53.9 Å². The molecule has 0 saturated carbocycles. The van der Waals surface area contributed by atoms with E-state index in [0.717, 1.165) is 28.5 Å². The molecule has 0 amide bonds. The lowest BCUT2D eigenvalue weighted by atomic mass is 10.1. The fourth-order valence-electron chi connectivity index (χ4n) is 2.43. The molecule has 3 heterocycles. The summed E-state index contributed by atoms with van der Waals surface area (Å²) in [5.74, 6) is 0.784. The van der Waals surface area contributed by atoms with Crippen molar-refractivity contribution in [2.45, 2.75) is 6.54 Å². The van der Waals surface area contributed by atoms with Gasteiger partial charge < -0.3 is 0 Å². The third-order valence-corrected chi connectivity index (χ3v) is 3.73. The van der Waals surface area contributed by atoms with E-state index in [0.29, 0.717) is 11.6 Å². The Morgan fingerprint density at radius 3 is 2.90 bits per heavy atom. The number of hydrogen-bond acceptors (Lipinski definition) is 4. The summed E-state index contributed by atoms with van der Waals surface area (Å²) in [5, 5.41) is 8.72. The third kappa shape index (κ3) is 1.94. The summed E-state index contributed by atoms with van der Waals surface area (Å²) in [4.78, 5) is 9.15. The van der Waals surface area contributed by atoms with E-state index in [-0.39, 0.29) is 0 Å². The Morgan fingerprint density at radius 1 is 1.10 bits per heavy atom. The normalized spacial score (nSPS) is 13.1. The van der Waals surface area contributed by atoms with Crippen LogP contribution in [0, 0.1) is 0 Å². The van der Waals surface area contributed by atoms with Crippen molar-refractivity contribution in [3.63, 3.8) is 0 Å². The molecule has 4 rings (SSSR count). The molecule has 21 heavy (non-hydrogen) atoms. The predicted octanol–water partition coefficient (Wildman–Crippen LogP) is 2.67. The summed E-state index contributed by atoms with van der Waals surface area (Å²) in [7, 11) is 0. The minimum Gasteiger partial charge on any atom is -0.282 e. The number of hydrogen-bond donors (Lipinski definition) is 0. The van der Waals surface area contributed by atoms with Gasteiger partial charge in [-0.3, -0.25) is 14.5 Å². The van der Waals surface area contributed by atoms with Gasteiger partial charge in [0.15, 0.2) is 5.82 Å². The van der Waals surface area contributed by atoms with Crippen LogP contribution >= 0.6 is 11.6 Å². The first kappa shape index (κ1) is 12.2. The Kier molecular flexibility index (Phi) is 2.79. The van der Waals surface area contributed by atoms with Crippen molar-refractivity contribution >= 4 is 17.3 Å². The van der Waals surface area contributed by atoms with Crippen molar-refractivity contribution in [3.05, 3.63) is 71.0 Å². The topological polar surface area (TPSA) is 56.0 Å². The molecule has 0 radical (unpaired) electrons. The van der Waals surface area contributed by atoms with Crippen LogP contribution in [0.25, 0.3) is 5.69 Å². The number of nitrogens with zero attached hydrogens (tertiary/aromatic N) is 5. The molecule has 1 aliphatic heterocycles. The van der Waals surface area contributed by atoms with Crippen molar-refractivity contribution in [2.75, 3.05) is 0 Å². The van der Waals surface area contributed by atoms with Crippen molar-refractivity contribution < 1.29 is 0 Å². The Bertz CT molecular complexity index is 853. The van der Waals surface area contributed by atoms with Gasteiger partial charge in [0.1, 0.15) is 18.6 Å². The lowest BCUT2D eigenvalue weighted by molar-refractivity contribution is 0.869. The first-order valence-electron chi connectivity index (χ1n) is 6.48. The minimum atomic E-state index is 0.441. The van der Waals surface area contributed by atoms with Gasteiger partial charge in [-0.05, 0) is 18.2 Å². The summed E-state index contributed by atoms with van der Waals surface area (Å²) in [5.41, 5.74) is 3.34. The summed E-state index contributed by atoms with van der Waals surface area (Å²) >= 11 is 6.32. The molecule has 0 aliphatic carbocycles. The van der Waals surface area contributed by atoms with Gasteiger partial charge in [0.2, 0.25) is 0 Å². The highest BCUT2D eigenvalue weighted by molar-refractivity contribution is 6.35. The number of benzene rings is 1. The standard InChI is InChI=1S/C15H10ClN5/c16-11-5-2-1-4-10(11)14-15-12(6-3-7-17-15)21-9-19-20-13(21)8-18-14/h1-7,9H,8H2. The second-order valence-corrected chi connectivity index (χ2v) is 5.04. The molecule has 2 aromatic heterocycles. The van der Waals surface area contributed by atoms with Crippen LogP contribution in [-0.2, 0) is 6.54 Å². The molecule has 0 saturated heterocycles. The largest absolute Gasteiger partial charge is 0.282 e. The first-order valence-corrected chi connectivity index (χ1v) is 6.86. The smallest absolute Gasteiger partial charge is 0.159 e. The number of pyridine rings is 1. The fourth-order valence-corrected chi connectivity index (χ4v) is 2.66.